The molecule has 3 aromatic carbocycles. The normalized spacial score (nSPS) is 11.5. The summed E-state index contributed by atoms with van der Waals surface area (Å²) in [5.41, 5.74) is 2.49. The van der Waals surface area contributed by atoms with Gasteiger partial charge in [-0.25, -0.2) is 0 Å². The SMILES string of the molecule is COc1ccc([C@@H](CC(=O)c2ccccc2)Nc2ccc(Cl)cc2)cc1OC. The molecule has 0 saturated carbocycles. The van der Waals surface area contributed by atoms with Crippen molar-refractivity contribution < 1.29 is 14.3 Å². The third-order valence-corrected chi connectivity index (χ3v) is 4.73. The van der Waals surface area contributed by atoms with Gasteiger partial charge in [0.05, 0.1) is 20.3 Å². The molecule has 0 heterocycles. The number of nitrogens with one attached hydrogen (secondary N) is 1. The minimum atomic E-state index is -0.242. The predicted octanol–water partition coefficient (Wildman–Crippen LogP) is 5.78. The average Bonchev–Trinajstić information content (AvgIpc) is 2.74. The molecule has 0 aliphatic heterocycles. The molecular weight excluding hydrogens is 374 g/mol. The van der Waals surface area contributed by atoms with Gasteiger partial charge < -0.3 is 14.8 Å². The number of ether oxygens (including phenoxy) is 2. The van der Waals surface area contributed by atoms with E-state index in [0.717, 1.165) is 11.3 Å². The molecule has 0 unspecified atom stereocenters. The maximum Gasteiger partial charge on any atom is 0.165 e. The zero-order chi connectivity index (χ0) is 19.9. The Morgan fingerprint density at radius 2 is 1.61 bits per heavy atom. The maximum absolute atomic E-state index is 12.8. The standard InChI is InChI=1S/C23H22ClNO3/c1-27-22-13-8-17(14-23(22)28-2)20(25-19-11-9-18(24)10-12-19)15-21(26)16-6-4-3-5-7-16/h3-14,20,25H,15H2,1-2H3/t20-/m1/s1. The van der Waals surface area contributed by atoms with Crippen LogP contribution in [-0.4, -0.2) is 20.0 Å². The van der Waals surface area contributed by atoms with Crippen LogP contribution < -0.4 is 14.8 Å². The first-order chi connectivity index (χ1) is 13.6. The highest BCUT2D eigenvalue weighted by Crippen LogP contribution is 2.33. The first-order valence-corrected chi connectivity index (χ1v) is 9.31. The Morgan fingerprint density at radius 1 is 0.929 bits per heavy atom. The number of benzene rings is 3. The quantitative estimate of drug-likeness (QED) is 0.491. The summed E-state index contributed by atoms with van der Waals surface area (Å²) < 4.78 is 10.8. The van der Waals surface area contributed by atoms with E-state index in [1.54, 1.807) is 14.2 Å². The summed E-state index contributed by atoms with van der Waals surface area (Å²) >= 11 is 5.99. The third kappa shape index (κ3) is 4.84. The van der Waals surface area contributed by atoms with E-state index in [0.29, 0.717) is 28.5 Å². The fourth-order valence-corrected chi connectivity index (χ4v) is 3.12. The van der Waals surface area contributed by atoms with Crippen LogP contribution in [0.4, 0.5) is 5.69 Å². The molecule has 0 saturated heterocycles. The molecule has 0 aliphatic carbocycles. The van der Waals surface area contributed by atoms with Crippen molar-refractivity contribution in [1.82, 2.24) is 0 Å². The smallest absolute Gasteiger partial charge is 0.165 e. The van der Waals surface area contributed by atoms with E-state index >= 15 is 0 Å². The van der Waals surface area contributed by atoms with Gasteiger partial charge in [0, 0.05) is 22.7 Å². The minimum absolute atomic E-state index is 0.0573. The lowest BCUT2D eigenvalue weighted by Crippen LogP contribution is -2.16. The summed E-state index contributed by atoms with van der Waals surface area (Å²) in [6.07, 6.45) is 0.294. The van der Waals surface area contributed by atoms with Crippen molar-refractivity contribution in [3.05, 3.63) is 88.9 Å². The van der Waals surface area contributed by atoms with E-state index in [9.17, 15) is 4.79 Å². The van der Waals surface area contributed by atoms with Crippen LogP contribution in [0.3, 0.4) is 0 Å². The number of halogens is 1. The molecule has 4 nitrogen and oxygen atoms in total. The van der Waals surface area contributed by atoms with Crippen molar-refractivity contribution in [3.8, 4) is 11.5 Å². The third-order valence-electron chi connectivity index (χ3n) is 4.48. The second kappa shape index (κ2) is 9.29. The van der Waals surface area contributed by atoms with Gasteiger partial charge in [0.2, 0.25) is 0 Å². The molecule has 0 bridgehead atoms. The van der Waals surface area contributed by atoms with Crippen molar-refractivity contribution in [3.63, 3.8) is 0 Å². The largest absolute Gasteiger partial charge is 0.493 e. The maximum atomic E-state index is 12.8. The van der Waals surface area contributed by atoms with Crippen LogP contribution in [0.5, 0.6) is 11.5 Å². The van der Waals surface area contributed by atoms with Crippen LogP contribution in [0.1, 0.15) is 28.4 Å². The molecule has 0 spiro atoms. The molecule has 144 valence electrons. The topological polar surface area (TPSA) is 47.6 Å². The predicted molar refractivity (Wildman–Crippen MR) is 113 cm³/mol. The molecule has 0 amide bonds. The summed E-state index contributed by atoms with van der Waals surface area (Å²) in [6.45, 7) is 0. The van der Waals surface area contributed by atoms with Crippen molar-refractivity contribution in [2.75, 3.05) is 19.5 Å². The molecule has 0 aliphatic rings. The number of carbonyl (C=O) groups is 1. The first kappa shape index (κ1) is 19.8. The number of Topliss-reactive ketones (excluding diaryl/α,β-unsaturated/α-hetero) is 1. The molecule has 28 heavy (non-hydrogen) atoms. The van der Waals surface area contributed by atoms with Gasteiger partial charge in [-0.1, -0.05) is 48.0 Å². The van der Waals surface area contributed by atoms with Crippen molar-refractivity contribution in [1.29, 1.82) is 0 Å². The van der Waals surface area contributed by atoms with E-state index in [4.69, 9.17) is 21.1 Å². The average molecular weight is 396 g/mol. The Hall–Kier alpha value is -2.98. The number of methoxy groups -OCH3 is 2. The van der Waals surface area contributed by atoms with E-state index in [1.165, 1.54) is 0 Å². The van der Waals surface area contributed by atoms with Crippen molar-refractivity contribution in [2.45, 2.75) is 12.5 Å². The number of carbonyl (C=O) groups excluding carboxylic acids is 1. The van der Waals surface area contributed by atoms with Crippen LogP contribution in [0, 0.1) is 0 Å². The van der Waals surface area contributed by atoms with Crippen LogP contribution in [-0.2, 0) is 0 Å². The van der Waals surface area contributed by atoms with Gasteiger partial charge in [-0.2, -0.15) is 0 Å². The molecule has 5 heteroatoms. The highest BCUT2D eigenvalue weighted by Gasteiger charge is 2.19. The lowest BCUT2D eigenvalue weighted by molar-refractivity contribution is 0.0976. The van der Waals surface area contributed by atoms with Crippen molar-refractivity contribution >= 4 is 23.1 Å². The van der Waals surface area contributed by atoms with Gasteiger partial charge in [0.15, 0.2) is 17.3 Å². The summed E-state index contributed by atoms with van der Waals surface area (Å²) in [4.78, 5) is 12.8. The summed E-state index contributed by atoms with van der Waals surface area (Å²) in [5, 5.41) is 4.10. The number of hydrogen-bond acceptors (Lipinski definition) is 4. The van der Waals surface area contributed by atoms with Crippen LogP contribution in [0.25, 0.3) is 0 Å². The summed E-state index contributed by atoms with van der Waals surface area (Å²) in [5.74, 6) is 1.32. The lowest BCUT2D eigenvalue weighted by atomic mass is 9.97. The van der Waals surface area contributed by atoms with E-state index in [-0.39, 0.29) is 11.8 Å². The summed E-state index contributed by atoms with van der Waals surface area (Å²) in [7, 11) is 3.19. The molecule has 3 aromatic rings. The highest BCUT2D eigenvalue weighted by molar-refractivity contribution is 6.30. The monoisotopic (exact) mass is 395 g/mol. The van der Waals surface area contributed by atoms with Gasteiger partial charge >= 0.3 is 0 Å². The summed E-state index contributed by atoms with van der Waals surface area (Å²) in [6, 6.07) is 22.1. The Bertz CT molecular complexity index is 926. The number of ketones is 1. The zero-order valence-electron chi connectivity index (χ0n) is 15.8. The van der Waals surface area contributed by atoms with E-state index < -0.39 is 0 Å². The minimum Gasteiger partial charge on any atom is -0.493 e. The van der Waals surface area contributed by atoms with Gasteiger partial charge in [0.1, 0.15) is 0 Å². The molecule has 0 radical (unpaired) electrons. The Balaban J connectivity index is 1.91. The van der Waals surface area contributed by atoms with Gasteiger partial charge in [-0.3, -0.25) is 4.79 Å². The van der Waals surface area contributed by atoms with Crippen molar-refractivity contribution in [2.24, 2.45) is 0 Å². The molecule has 0 aromatic heterocycles. The molecule has 1 atom stereocenters. The second-order valence-electron chi connectivity index (χ2n) is 6.31. The van der Waals surface area contributed by atoms with Gasteiger partial charge in [-0.05, 0) is 42.0 Å². The fourth-order valence-electron chi connectivity index (χ4n) is 3.00. The van der Waals surface area contributed by atoms with Crippen LogP contribution in [0.2, 0.25) is 5.02 Å². The Labute approximate surface area is 170 Å². The second-order valence-corrected chi connectivity index (χ2v) is 6.75. The lowest BCUT2D eigenvalue weighted by Gasteiger charge is -2.21. The molecule has 0 fully saturated rings. The van der Waals surface area contributed by atoms with Crippen LogP contribution >= 0.6 is 11.6 Å². The number of rotatable bonds is 8. The molecule has 1 N–H and O–H groups in total. The first-order valence-electron chi connectivity index (χ1n) is 8.93. The van der Waals surface area contributed by atoms with Crippen LogP contribution in [0.15, 0.2) is 72.8 Å². The Morgan fingerprint density at radius 3 is 2.25 bits per heavy atom. The zero-order valence-corrected chi connectivity index (χ0v) is 16.6. The number of anilines is 1. The van der Waals surface area contributed by atoms with E-state index in [2.05, 4.69) is 5.32 Å². The fraction of sp³-hybridized carbons (Fsp3) is 0.174. The molecular formula is C23H22ClNO3. The van der Waals surface area contributed by atoms with E-state index in [1.807, 2.05) is 72.8 Å². The number of hydrogen-bond donors (Lipinski definition) is 1. The molecule has 3 rings (SSSR count). The van der Waals surface area contributed by atoms with Gasteiger partial charge in [0.25, 0.3) is 0 Å². The highest BCUT2D eigenvalue weighted by atomic mass is 35.5. The van der Waals surface area contributed by atoms with Gasteiger partial charge in [-0.15, -0.1) is 0 Å². The Kier molecular flexibility index (Phi) is 6.56.